The van der Waals surface area contributed by atoms with E-state index < -0.39 is 11.9 Å². The van der Waals surface area contributed by atoms with Gasteiger partial charge in [-0.25, -0.2) is 9.69 Å². The van der Waals surface area contributed by atoms with E-state index in [2.05, 4.69) is 0 Å². The van der Waals surface area contributed by atoms with Crippen molar-refractivity contribution >= 4 is 52.2 Å². The first kappa shape index (κ1) is 21.0. The second-order valence-corrected chi connectivity index (χ2v) is 8.44. The van der Waals surface area contributed by atoms with Crippen LogP contribution >= 0.6 is 23.4 Å². The van der Waals surface area contributed by atoms with Crippen molar-refractivity contribution < 1.29 is 19.5 Å². The first-order chi connectivity index (χ1) is 14.8. The van der Waals surface area contributed by atoms with E-state index in [1.54, 1.807) is 54.6 Å². The van der Waals surface area contributed by atoms with E-state index in [0.29, 0.717) is 15.6 Å². The number of carboxylic acid groups (broad SMARTS) is 1. The lowest BCUT2D eigenvalue weighted by atomic mass is 10.2. The molecule has 0 unspecified atom stereocenters. The number of imide groups is 1. The molecule has 6 nitrogen and oxygen atoms in total. The molecule has 4 rings (SSSR count). The molecule has 1 aliphatic heterocycles. The first-order valence-electron chi connectivity index (χ1n) is 9.32. The molecular formula is C23H17ClN2O4S. The molecule has 0 bridgehead atoms. The van der Waals surface area contributed by atoms with Crippen LogP contribution in [0.15, 0.2) is 59.5 Å². The number of aryl methyl sites for hydroxylation is 1. The van der Waals surface area contributed by atoms with Crippen LogP contribution in [0.4, 0.5) is 10.5 Å². The molecule has 2 aromatic carbocycles. The molecule has 2 amide bonds. The number of carboxylic acids is 1. The van der Waals surface area contributed by atoms with Gasteiger partial charge in [0.15, 0.2) is 0 Å². The minimum absolute atomic E-state index is 0.209. The van der Waals surface area contributed by atoms with Gasteiger partial charge in [0.2, 0.25) is 0 Å². The Morgan fingerprint density at radius 3 is 2.39 bits per heavy atom. The van der Waals surface area contributed by atoms with E-state index in [1.807, 2.05) is 24.5 Å². The lowest BCUT2D eigenvalue weighted by molar-refractivity contribution is -0.113. The maximum Gasteiger partial charge on any atom is 0.335 e. The number of halogens is 1. The number of anilines is 1. The highest BCUT2D eigenvalue weighted by molar-refractivity contribution is 8.19. The van der Waals surface area contributed by atoms with Crippen molar-refractivity contribution in [2.75, 3.05) is 4.90 Å². The summed E-state index contributed by atoms with van der Waals surface area (Å²) in [6.45, 7) is 3.83. The molecule has 3 aromatic rings. The molecule has 31 heavy (non-hydrogen) atoms. The number of carbonyl (C=O) groups is 3. The average molecular weight is 453 g/mol. The molecule has 0 spiro atoms. The lowest BCUT2D eigenvalue weighted by Gasteiger charge is -2.12. The molecule has 0 aliphatic carbocycles. The molecule has 0 radical (unpaired) electrons. The van der Waals surface area contributed by atoms with Gasteiger partial charge in [-0.2, -0.15) is 0 Å². The van der Waals surface area contributed by atoms with E-state index in [1.165, 1.54) is 0 Å². The van der Waals surface area contributed by atoms with Gasteiger partial charge in [-0.15, -0.1) is 0 Å². The molecule has 1 aliphatic rings. The van der Waals surface area contributed by atoms with Gasteiger partial charge in [-0.05, 0) is 85.8 Å². The van der Waals surface area contributed by atoms with E-state index in [-0.39, 0.29) is 10.8 Å². The minimum Gasteiger partial charge on any atom is -0.478 e. The molecule has 156 valence electrons. The fourth-order valence-corrected chi connectivity index (χ4v) is 4.55. The Labute approximate surface area is 187 Å². The third-order valence-corrected chi connectivity index (χ3v) is 6.09. The highest BCUT2D eigenvalue weighted by Crippen LogP contribution is 2.37. The van der Waals surface area contributed by atoms with Gasteiger partial charge >= 0.3 is 5.97 Å². The number of amides is 2. The van der Waals surface area contributed by atoms with Crippen molar-refractivity contribution in [3.63, 3.8) is 0 Å². The molecule has 1 aromatic heterocycles. The second kappa shape index (κ2) is 8.09. The quantitative estimate of drug-likeness (QED) is 0.514. The fourth-order valence-electron chi connectivity index (χ4n) is 3.53. The zero-order valence-corrected chi connectivity index (χ0v) is 18.2. The number of hydrogen-bond acceptors (Lipinski definition) is 4. The van der Waals surface area contributed by atoms with Gasteiger partial charge < -0.3 is 9.67 Å². The minimum atomic E-state index is -0.983. The monoisotopic (exact) mass is 452 g/mol. The first-order valence-corrected chi connectivity index (χ1v) is 10.5. The van der Waals surface area contributed by atoms with Crippen LogP contribution in [0.3, 0.4) is 0 Å². The highest BCUT2D eigenvalue weighted by atomic mass is 35.5. The molecular weight excluding hydrogens is 436 g/mol. The summed E-state index contributed by atoms with van der Waals surface area (Å²) < 4.78 is 1.97. The standard InChI is InChI=1S/C23H17ClN2O4S/c1-13-10-16(14(2)25(13)18-8-6-15(7-9-18)22(28)29)11-20-21(27)26(23(30)31-20)19-5-3-4-17(24)12-19/h3-12H,1-2H3,(H,28,29)/b20-11+. The summed E-state index contributed by atoms with van der Waals surface area (Å²) in [5.74, 6) is -1.38. The molecule has 0 atom stereocenters. The number of thioether (sulfide) groups is 1. The van der Waals surface area contributed by atoms with Crippen molar-refractivity contribution in [1.29, 1.82) is 0 Å². The SMILES string of the molecule is Cc1cc(/C=C2/SC(=O)N(c3cccc(Cl)c3)C2=O)c(C)n1-c1ccc(C(=O)O)cc1. The highest BCUT2D eigenvalue weighted by Gasteiger charge is 2.36. The smallest absolute Gasteiger partial charge is 0.335 e. The number of hydrogen-bond donors (Lipinski definition) is 1. The second-order valence-electron chi connectivity index (χ2n) is 7.01. The number of aromatic carboxylic acids is 1. The van der Waals surface area contributed by atoms with Gasteiger partial charge in [-0.1, -0.05) is 17.7 Å². The predicted molar refractivity (Wildman–Crippen MR) is 122 cm³/mol. The summed E-state index contributed by atoms with van der Waals surface area (Å²) in [6, 6.07) is 15.1. The summed E-state index contributed by atoms with van der Waals surface area (Å²) in [4.78, 5) is 38.0. The fraction of sp³-hybridized carbons (Fsp3) is 0.0870. The van der Waals surface area contributed by atoms with Crippen LogP contribution < -0.4 is 4.90 Å². The lowest BCUT2D eigenvalue weighted by Crippen LogP contribution is -2.27. The van der Waals surface area contributed by atoms with Crippen LogP contribution in [-0.4, -0.2) is 26.8 Å². The number of aromatic nitrogens is 1. The summed E-state index contributed by atoms with van der Waals surface area (Å²) in [7, 11) is 0. The Balaban J connectivity index is 1.68. The van der Waals surface area contributed by atoms with E-state index in [0.717, 1.165) is 39.3 Å². The number of nitrogens with zero attached hydrogens (tertiary/aromatic N) is 2. The number of rotatable bonds is 4. The van der Waals surface area contributed by atoms with Crippen LogP contribution in [0.2, 0.25) is 5.02 Å². The Bertz CT molecular complexity index is 1260. The zero-order valence-electron chi connectivity index (χ0n) is 16.6. The van der Waals surface area contributed by atoms with Gasteiger partial charge in [0.1, 0.15) is 0 Å². The predicted octanol–water partition coefficient (Wildman–Crippen LogP) is 5.69. The molecule has 0 saturated carbocycles. The van der Waals surface area contributed by atoms with Crippen LogP contribution in [0.5, 0.6) is 0 Å². The van der Waals surface area contributed by atoms with E-state index >= 15 is 0 Å². The van der Waals surface area contributed by atoms with Crippen LogP contribution in [0.25, 0.3) is 11.8 Å². The summed E-state index contributed by atoms with van der Waals surface area (Å²) in [5, 5.41) is 9.16. The van der Waals surface area contributed by atoms with Crippen LogP contribution in [-0.2, 0) is 4.79 Å². The van der Waals surface area contributed by atoms with Gasteiger partial charge in [0.25, 0.3) is 11.1 Å². The molecule has 2 heterocycles. The van der Waals surface area contributed by atoms with E-state index in [9.17, 15) is 14.4 Å². The van der Waals surface area contributed by atoms with Crippen molar-refractivity contribution in [3.8, 4) is 5.69 Å². The van der Waals surface area contributed by atoms with E-state index in [4.69, 9.17) is 16.7 Å². The largest absolute Gasteiger partial charge is 0.478 e. The maximum absolute atomic E-state index is 12.9. The Kier molecular flexibility index (Phi) is 5.47. The Hall–Kier alpha value is -3.29. The third-order valence-electron chi connectivity index (χ3n) is 4.99. The van der Waals surface area contributed by atoms with Crippen molar-refractivity contribution in [2.24, 2.45) is 0 Å². The molecule has 8 heteroatoms. The maximum atomic E-state index is 12.9. The topological polar surface area (TPSA) is 79.6 Å². The molecule has 1 N–H and O–H groups in total. The van der Waals surface area contributed by atoms with Crippen molar-refractivity contribution in [1.82, 2.24) is 4.57 Å². The number of benzene rings is 2. The third kappa shape index (κ3) is 3.89. The number of carbonyl (C=O) groups excluding carboxylic acids is 2. The molecule has 1 fully saturated rings. The normalized spacial score (nSPS) is 15.2. The average Bonchev–Trinajstić information content (AvgIpc) is 3.16. The summed E-state index contributed by atoms with van der Waals surface area (Å²) >= 11 is 6.89. The van der Waals surface area contributed by atoms with Gasteiger partial charge in [0.05, 0.1) is 16.2 Å². The summed E-state index contributed by atoms with van der Waals surface area (Å²) in [5.41, 5.74) is 4.04. The Morgan fingerprint density at radius 2 is 1.74 bits per heavy atom. The Morgan fingerprint density at radius 1 is 1.03 bits per heavy atom. The summed E-state index contributed by atoms with van der Waals surface area (Å²) in [6.07, 6.45) is 1.71. The zero-order chi connectivity index (χ0) is 22.3. The van der Waals surface area contributed by atoms with Crippen LogP contribution in [0.1, 0.15) is 27.3 Å². The van der Waals surface area contributed by atoms with Gasteiger partial charge in [0, 0.05) is 22.1 Å². The van der Waals surface area contributed by atoms with Crippen molar-refractivity contribution in [2.45, 2.75) is 13.8 Å². The van der Waals surface area contributed by atoms with Crippen molar-refractivity contribution in [3.05, 3.63) is 87.0 Å². The molecule has 1 saturated heterocycles. The van der Waals surface area contributed by atoms with Crippen LogP contribution in [0, 0.1) is 13.8 Å². The van der Waals surface area contributed by atoms with Gasteiger partial charge in [-0.3, -0.25) is 9.59 Å².